The van der Waals surface area contributed by atoms with Crippen LogP contribution in [0, 0.1) is 11.3 Å². The monoisotopic (exact) mass is 318 g/mol. The van der Waals surface area contributed by atoms with Crippen LogP contribution in [0.5, 0.6) is 0 Å². The van der Waals surface area contributed by atoms with E-state index in [0.29, 0.717) is 37.7 Å². The van der Waals surface area contributed by atoms with Crippen molar-refractivity contribution in [2.45, 2.75) is 52.7 Å². The summed E-state index contributed by atoms with van der Waals surface area (Å²) in [7, 11) is -3.13. The number of rotatable bonds is 7. The summed E-state index contributed by atoms with van der Waals surface area (Å²) < 4.78 is 31.8. The van der Waals surface area contributed by atoms with Crippen LogP contribution in [-0.4, -0.2) is 56.9 Å². The van der Waals surface area contributed by atoms with Crippen LogP contribution in [0.4, 0.5) is 0 Å². The molecular formula is C15H30N2O3S. The summed E-state index contributed by atoms with van der Waals surface area (Å²) in [6.45, 7) is 10.7. The summed E-state index contributed by atoms with van der Waals surface area (Å²) in [4.78, 5) is 0. The van der Waals surface area contributed by atoms with Gasteiger partial charge in [-0.15, -0.1) is 0 Å². The standard InChI is InChI=1S/C15H30N2O3S/c1-5-17(6-2)21(18,19)11-9-16-13-12-8-7-10-20-14(12)15(13,3)4/h12-14,16H,5-11H2,1-4H3. The Morgan fingerprint density at radius 2 is 1.95 bits per heavy atom. The van der Waals surface area contributed by atoms with Crippen LogP contribution in [0.3, 0.4) is 0 Å². The van der Waals surface area contributed by atoms with Crippen molar-refractivity contribution in [1.29, 1.82) is 0 Å². The third kappa shape index (κ3) is 3.28. The van der Waals surface area contributed by atoms with E-state index < -0.39 is 10.0 Å². The van der Waals surface area contributed by atoms with Gasteiger partial charge in [-0.1, -0.05) is 27.7 Å². The van der Waals surface area contributed by atoms with E-state index >= 15 is 0 Å². The van der Waals surface area contributed by atoms with Crippen molar-refractivity contribution in [1.82, 2.24) is 9.62 Å². The highest BCUT2D eigenvalue weighted by atomic mass is 32.2. The molecule has 3 atom stereocenters. The minimum atomic E-state index is -3.13. The van der Waals surface area contributed by atoms with Gasteiger partial charge in [-0.3, -0.25) is 0 Å². The molecule has 21 heavy (non-hydrogen) atoms. The summed E-state index contributed by atoms with van der Waals surface area (Å²) in [5, 5.41) is 3.48. The van der Waals surface area contributed by atoms with Crippen molar-refractivity contribution in [3.8, 4) is 0 Å². The van der Waals surface area contributed by atoms with E-state index in [2.05, 4.69) is 19.2 Å². The number of hydrogen-bond acceptors (Lipinski definition) is 4. The van der Waals surface area contributed by atoms with Crippen molar-refractivity contribution in [3.05, 3.63) is 0 Å². The highest BCUT2D eigenvalue weighted by Crippen LogP contribution is 2.51. The molecule has 2 aliphatic rings. The molecule has 1 saturated carbocycles. The van der Waals surface area contributed by atoms with Gasteiger partial charge in [-0.05, 0) is 12.8 Å². The van der Waals surface area contributed by atoms with Gasteiger partial charge in [0, 0.05) is 43.6 Å². The van der Waals surface area contributed by atoms with Crippen molar-refractivity contribution in [2.75, 3.05) is 32.0 Å². The Morgan fingerprint density at radius 1 is 1.29 bits per heavy atom. The molecule has 0 amide bonds. The van der Waals surface area contributed by atoms with E-state index in [1.807, 2.05) is 13.8 Å². The van der Waals surface area contributed by atoms with Crippen molar-refractivity contribution < 1.29 is 13.2 Å². The van der Waals surface area contributed by atoms with Gasteiger partial charge in [0.15, 0.2) is 0 Å². The Labute approximate surface area is 129 Å². The predicted octanol–water partition coefficient (Wildman–Crippen LogP) is 1.45. The smallest absolute Gasteiger partial charge is 0.215 e. The van der Waals surface area contributed by atoms with Crippen molar-refractivity contribution in [3.63, 3.8) is 0 Å². The summed E-state index contributed by atoms with van der Waals surface area (Å²) in [5.74, 6) is 0.726. The summed E-state index contributed by atoms with van der Waals surface area (Å²) in [6.07, 6.45) is 2.64. The van der Waals surface area contributed by atoms with Gasteiger partial charge in [0.05, 0.1) is 11.9 Å². The zero-order chi connectivity index (χ0) is 15.7. The van der Waals surface area contributed by atoms with E-state index in [0.717, 1.165) is 13.0 Å². The van der Waals surface area contributed by atoms with Crippen molar-refractivity contribution >= 4 is 10.0 Å². The molecule has 1 heterocycles. The topological polar surface area (TPSA) is 58.6 Å². The average Bonchev–Trinajstić information content (AvgIpc) is 2.44. The minimum Gasteiger partial charge on any atom is -0.377 e. The van der Waals surface area contributed by atoms with Gasteiger partial charge in [-0.2, -0.15) is 0 Å². The third-order valence-electron chi connectivity index (χ3n) is 5.15. The van der Waals surface area contributed by atoms with Gasteiger partial charge < -0.3 is 10.1 Å². The second-order valence-corrected chi connectivity index (χ2v) is 8.84. The van der Waals surface area contributed by atoms with E-state index in [1.165, 1.54) is 10.7 Å². The number of fused-ring (bicyclic) bond motifs is 1. The SMILES string of the molecule is CCN(CC)S(=O)(=O)CCNC1C2CCCOC2C1(C)C. The molecule has 124 valence electrons. The lowest BCUT2D eigenvalue weighted by atomic mass is 9.55. The Hall–Kier alpha value is -0.170. The summed E-state index contributed by atoms with van der Waals surface area (Å²) >= 11 is 0. The molecule has 1 N–H and O–H groups in total. The van der Waals surface area contributed by atoms with Crippen LogP contribution in [0.2, 0.25) is 0 Å². The average molecular weight is 318 g/mol. The second kappa shape index (κ2) is 6.52. The van der Waals surface area contributed by atoms with E-state index in [1.54, 1.807) is 0 Å². The molecule has 0 aromatic carbocycles. The van der Waals surface area contributed by atoms with Crippen LogP contribution in [0.15, 0.2) is 0 Å². The highest BCUT2D eigenvalue weighted by Gasteiger charge is 2.57. The van der Waals surface area contributed by atoms with Crippen LogP contribution in [0.25, 0.3) is 0 Å². The lowest BCUT2D eigenvalue weighted by Crippen LogP contribution is -2.69. The number of nitrogens with zero attached hydrogens (tertiary/aromatic N) is 1. The molecular weight excluding hydrogens is 288 g/mol. The zero-order valence-corrected chi connectivity index (χ0v) is 14.6. The maximum atomic E-state index is 12.2. The van der Waals surface area contributed by atoms with Crippen molar-refractivity contribution in [2.24, 2.45) is 11.3 Å². The first-order valence-corrected chi connectivity index (χ1v) is 9.78. The predicted molar refractivity (Wildman–Crippen MR) is 84.7 cm³/mol. The maximum absolute atomic E-state index is 12.2. The maximum Gasteiger partial charge on any atom is 0.215 e. The Balaban J connectivity index is 1.86. The van der Waals surface area contributed by atoms with Gasteiger partial charge in [0.25, 0.3) is 0 Å². The lowest BCUT2D eigenvalue weighted by Gasteiger charge is -2.60. The van der Waals surface area contributed by atoms with E-state index in [9.17, 15) is 8.42 Å². The van der Waals surface area contributed by atoms with Crippen LogP contribution < -0.4 is 5.32 Å². The molecule has 5 nitrogen and oxygen atoms in total. The molecule has 1 aliphatic heterocycles. The van der Waals surface area contributed by atoms with Crippen LogP contribution in [0.1, 0.15) is 40.5 Å². The van der Waals surface area contributed by atoms with Crippen LogP contribution >= 0.6 is 0 Å². The number of nitrogens with one attached hydrogen (secondary N) is 1. The Bertz CT molecular complexity index is 446. The van der Waals surface area contributed by atoms with E-state index in [-0.39, 0.29) is 11.2 Å². The van der Waals surface area contributed by atoms with Gasteiger partial charge in [0.2, 0.25) is 10.0 Å². The first-order valence-electron chi connectivity index (χ1n) is 8.17. The molecule has 0 spiro atoms. The normalized spacial score (nSPS) is 31.8. The number of hydrogen-bond donors (Lipinski definition) is 1. The number of ether oxygens (including phenoxy) is 1. The molecule has 0 radical (unpaired) electrons. The first kappa shape index (κ1) is 17.2. The molecule has 1 aliphatic carbocycles. The Kier molecular flexibility index (Phi) is 5.34. The molecule has 6 heteroatoms. The fraction of sp³-hybridized carbons (Fsp3) is 1.00. The van der Waals surface area contributed by atoms with Gasteiger partial charge in [-0.25, -0.2) is 12.7 Å². The third-order valence-corrected chi connectivity index (χ3v) is 7.18. The van der Waals surface area contributed by atoms with Gasteiger partial charge >= 0.3 is 0 Å². The fourth-order valence-electron chi connectivity index (χ4n) is 4.03. The molecule has 3 unspecified atom stereocenters. The largest absolute Gasteiger partial charge is 0.377 e. The quantitative estimate of drug-likeness (QED) is 0.772. The van der Waals surface area contributed by atoms with Crippen LogP contribution in [-0.2, 0) is 14.8 Å². The molecule has 0 aromatic heterocycles. The minimum absolute atomic E-state index is 0.101. The Morgan fingerprint density at radius 3 is 2.57 bits per heavy atom. The lowest BCUT2D eigenvalue weighted by molar-refractivity contribution is -0.192. The fourth-order valence-corrected chi connectivity index (χ4v) is 5.45. The molecule has 1 saturated heterocycles. The second-order valence-electron chi connectivity index (χ2n) is 6.75. The molecule has 2 fully saturated rings. The van der Waals surface area contributed by atoms with Gasteiger partial charge in [0.1, 0.15) is 0 Å². The molecule has 2 rings (SSSR count). The van der Waals surface area contributed by atoms with E-state index in [4.69, 9.17) is 4.74 Å². The molecule has 0 aromatic rings. The zero-order valence-electron chi connectivity index (χ0n) is 13.8. The molecule has 0 bridgehead atoms. The summed E-state index contributed by atoms with van der Waals surface area (Å²) in [5.41, 5.74) is 0.101. The number of sulfonamides is 1. The summed E-state index contributed by atoms with van der Waals surface area (Å²) in [6, 6.07) is 0.370. The highest BCUT2D eigenvalue weighted by molar-refractivity contribution is 7.89. The first-order chi connectivity index (χ1) is 9.84.